The summed E-state index contributed by atoms with van der Waals surface area (Å²) < 4.78 is 0. The molecule has 1 heterocycles. The summed E-state index contributed by atoms with van der Waals surface area (Å²) in [6, 6.07) is 25.0. The fourth-order valence-corrected chi connectivity index (χ4v) is 4.21. The van der Waals surface area contributed by atoms with Crippen LogP contribution in [0.5, 0.6) is 0 Å². The minimum absolute atomic E-state index is 0.0757. The number of benzene rings is 3. The van der Waals surface area contributed by atoms with E-state index in [0.29, 0.717) is 17.0 Å². The number of carbonyl (C=O) groups excluding carboxylic acids is 2. The van der Waals surface area contributed by atoms with Crippen molar-refractivity contribution in [1.82, 2.24) is 5.32 Å². The Balaban J connectivity index is 1.54. The van der Waals surface area contributed by atoms with Crippen LogP contribution in [0.4, 0.5) is 5.69 Å². The van der Waals surface area contributed by atoms with Crippen molar-refractivity contribution in [2.45, 2.75) is 11.4 Å². The number of thioether (sulfide) groups is 1. The summed E-state index contributed by atoms with van der Waals surface area (Å²) in [5, 5.41) is 2.93. The Morgan fingerprint density at radius 1 is 1.00 bits per heavy atom. The fourth-order valence-electron chi connectivity index (χ4n) is 3.12. The number of nitrogens with zero attached hydrogens (tertiary/aromatic N) is 1. The Morgan fingerprint density at radius 3 is 2.41 bits per heavy atom. The lowest BCUT2D eigenvalue weighted by molar-refractivity contribution is -0.114. The first-order valence-electron chi connectivity index (χ1n) is 9.30. The summed E-state index contributed by atoms with van der Waals surface area (Å²) in [6.45, 7) is 0.463. The van der Waals surface area contributed by atoms with Gasteiger partial charge in [-0.05, 0) is 35.4 Å². The van der Waals surface area contributed by atoms with E-state index in [1.54, 1.807) is 24.1 Å². The molecule has 5 heteroatoms. The van der Waals surface area contributed by atoms with Crippen molar-refractivity contribution < 1.29 is 9.59 Å². The van der Waals surface area contributed by atoms with E-state index in [0.717, 1.165) is 21.7 Å². The SMILES string of the molecule is CN1C(=O)/C(=C/c2ccccc2)Sc2ccc(C(=O)NCc3ccccc3)cc21. The Bertz CT molecular complexity index is 1080. The average Bonchev–Trinajstić information content (AvgIpc) is 2.77. The first-order chi connectivity index (χ1) is 14.1. The van der Waals surface area contributed by atoms with Gasteiger partial charge < -0.3 is 10.2 Å². The van der Waals surface area contributed by atoms with Gasteiger partial charge in [-0.1, -0.05) is 72.4 Å². The molecule has 0 aromatic heterocycles. The van der Waals surface area contributed by atoms with Crippen molar-refractivity contribution in [3.05, 3.63) is 100 Å². The standard InChI is InChI=1S/C24H20N2O2S/c1-26-20-15-19(23(27)25-16-18-10-6-3-7-11-18)12-13-21(20)29-22(24(26)28)14-17-8-4-2-5-9-17/h2-15H,16H2,1H3,(H,25,27)/b22-14-. The molecule has 0 unspecified atom stereocenters. The minimum atomic E-state index is -0.159. The summed E-state index contributed by atoms with van der Waals surface area (Å²) in [5.74, 6) is -0.235. The zero-order valence-electron chi connectivity index (χ0n) is 16.0. The molecular formula is C24H20N2O2S. The van der Waals surface area contributed by atoms with Gasteiger partial charge in [0.25, 0.3) is 11.8 Å². The monoisotopic (exact) mass is 400 g/mol. The third kappa shape index (κ3) is 4.25. The molecule has 0 radical (unpaired) electrons. The van der Waals surface area contributed by atoms with E-state index in [1.807, 2.05) is 72.8 Å². The molecule has 1 N–H and O–H groups in total. The maximum absolute atomic E-state index is 12.8. The van der Waals surface area contributed by atoms with Gasteiger partial charge in [0.1, 0.15) is 0 Å². The number of hydrogen-bond acceptors (Lipinski definition) is 3. The minimum Gasteiger partial charge on any atom is -0.348 e. The largest absolute Gasteiger partial charge is 0.348 e. The van der Waals surface area contributed by atoms with E-state index < -0.39 is 0 Å². The Morgan fingerprint density at radius 2 is 1.69 bits per heavy atom. The van der Waals surface area contributed by atoms with Crippen molar-refractivity contribution in [3.8, 4) is 0 Å². The van der Waals surface area contributed by atoms with Crippen LogP contribution < -0.4 is 10.2 Å². The van der Waals surface area contributed by atoms with E-state index in [9.17, 15) is 9.59 Å². The molecule has 0 spiro atoms. The van der Waals surface area contributed by atoms with Crippen molar-refractivity contribution >= 4 is 35.3 Å². The third-order valence-electron chi connectivity index (χ3n) is 4.71. The number of rotatable bonds is 4. The molecule has 0 saturated heterocycles. The molecule has 0 aliphatic carbocycles. The summed E-state index contributed by atoms with van der Waals surface area (Å²) in [4.78, 5) is 28.6. The van der Waals surface area contributed by atoms with Gasteiger partial charge in [-0.15, -0.1) is 0 Å². The zero-order valence-corrected chi connectivity index (χ0v) is 16.8. The van der Waals surface area contributed by atoms with Gasteiger partial charge in [-0.3, -0.25) is 9.59 Å². The molecule has 3 aromatic carbocycles. The lowest BCUT2D eigenvalue weighted by Crippen LogP contribution is -2.31. The van der Waals surface area contributed by atoms with Crippen LogP contribution in [0, 0.1) is 0 Å². The van der Waals surface area contributed by atoms with E-state index in [4.69, 9.17) is 0 Å². The molecule has 0 bridgehead atoms. The zero-order chi connectivity index (χ0) is 20.2. The Kier molecular flexibility index (Phi) is 5.49. The summed E-state index contributed by atoms with van der Waals surface area (Å²) in [5.41, 5.74) is 3.31. The normalized spacial score (nSPS) is 14.6. The predicted octanol–water partition coefficient (Wildman–Crippen LogP) is 4.73. The van der Waals surface area contributed by atoms with Crippen LogP contribution in [0.3, 0.4) is 0 Å². The van der Waals surface area contributed by atoms with Gasteiger partial charge in [0.05, 0.1) is 10.6 Å². The van der Waals surface area contributed by atoms with Crippen LogP contribution in [0.15, 0.2) is 88.7 Å². The van der Waals surface area contributed by atoms with Gasteiger partial charge in [0.15, 0.2) is 0 Å². The molecule has 144 valence electrons. The molecule has 0 fully saturated rings. The number of carbonyl (C=O) groups is 2. The van der Waals surface area contributed by atoms with Gasteiger partial charge in [-0.2, -0.15) is 0 Å². The van der Waals surface area contributed by atoms with Gasteiger partial charge in [-0.25, -0.2) is 0 Å². The summed E-state index contributed by atoms with van der Waals surface area (Å²) >= 11 is 1.43. The topological polar surface area (TPSA) is 49.4 Å². The van der Waals surface area contributed by atoms with Crippen LogP contribution in [-0.2, 0) is 11.3 Å². The van der Waals surface area contributed by atoms with Crippen molar-refractivity contribution in [3.63, 3.8) is 0 Å². The number of fused-ring (bicyclic) bond motifs is 1. The Labute approximate surface area is 174 Å². The molecule has 1 aliphatic rings. The average molecular weight is 401 g/mol. The summed E-state index contributed by atoms with van der Waals surface area (Å²) in [7, 11) is 1.74. The highest BCUT2D eigenvalue weighted by atomic mass is 32.2. The van der Waals surface area contributed by atoms with Crippen LogP contribution in [-0.4, -0.2) is 18.9 Å². The molecule has 4 nitrogen and oxygen atoms in total. The quantitative estimate of drug-likeness (QED) is 0.645. The first kappa shape index (κ1) is 19.0. The van der Waals surface area contributed by atoms with Crippen LogP contribution >= 0.6 is 11.8 Å². The fraction of sp³-hybridized carbons (Fsp3) is 0.0833. The maximum atomic E-state index is 12.8. The van der Waals surface area contributed by atoms with Gasteiger partial charge in [0, 0.05) is 24.1 Å². The van der Waals surface area contributed by atoms with E-state index in [2.05, 4.69) is 5.32 Å². The number of nitrogens with one attached hydrogen (secondary N) is 1. The predicted molar refractivity (Wildman–Crippen MR) is 118 cm³/mol. The maximum Gasteiger partial charge on any atom is 0.264 e. The molecular weight excluding hydrogens is 380 g/mol. The number of amides is 2. The second-order valence-corrected chi connectivity index (χ2v) is 7.82. The summed E-state index contributed by atoms with van der Waals surface area (Å²) in [6.07, 6.45) is 1.90. The molecule has 1 aliphatic heterocycles. The highest BCUT2D eigenvalue weighted by Crippen LogP contribution is 2.41. The second-order valence-electron chi connectivity index (χ2n) is 6.74. The number of anilines is 1. The van der Waals surface area contributed by atoms with E-state index >= 15 is 0 Å². The molecule has 4 rings (SSSR count). The second kappa shape index (κ2) is 8.37. The number of likely N-dealkylation sites (N-methyl/N-ethyl adjacent to an activating group) is 1. The first-order valence-corrected chi connectivity index (χ1v) is 10.1. The molecule has 29 heavy (non-hydrogen) atoms. The van der Waals surface area contributed by atoms with Gasteiger partial charge >= 0.3 is 0 Å². The van der Waals surface area contributed by atoms with Crippen LogP contribution in [0.25, 0.3) is 6.08 Å². The molecule has 0 saturated carbocycles. The third-order valence-corrected chi connectivity index (χ3v) is 5.79. The number of hydrogen-bond donors (Lipinski definition) is 1. The van der Waals surface area contributed by atoms with E-state index in [1.165, 1.54) is 11.8 Å². The highest BCUT2D eigenvalue weighted by molar-refractivity contribution is 8.04. The van der Waals surface area contributed by atoms with Crippen LogP contribution in [0.1, 0.15) is 21.5 Å². The highest BCUT2D eigenvalue weighted by Gasteiger charge is 2.27. The van der Waals surface area contributed by atoms with E-state index in [-0.39, 0.29) is 11.8 Å². The lowest BCUT2D eigenvalue weighted by atomic mass is 10.1. The van der Waals surface area contributed by atoms with Crippen molar-refractivity contribution in [2.75, 3.05) is 11.9 Å². The lowest BCUT2D eigenvalue weighted by Gasteiger charge is -2.27. The molecule has 3 aromatic rings. The van der Waals surface area contributed by atoms with Crippen LogP contribution in [0.2, 0.25) is 0 Å². The van der Waals surface area contributed by atoms with Gasteiger partial charge in [0.2, 0.25) is 0 Å². The molecule has 2 amide bonds. The Hall–Kier alpha value is -3.31. The van der Waals surface area contributed by atoms with Crippen molar-refractivity contribution in [1.29, 1.82) is 0 Å². The van der Waals surface area contributed by atoms with Crippen molar-refractivity contribution in [2.24, 2.45) is 0 Å². The molecule has 0 atom stereocenters. The smallest absolute Gasteiger partial charge is 0.264 e.